The summed E-state index contributed by atoms with van der Waals surface area (Å²) in [4.78, 5) is 0. The van der Waals surface area contributed by atoms with Crippen LogP contribution in [-0.4, -0.2) is 30.8 Å². The molecule has 0 amide bonds. The molecule has 0 aromatic carbocycles. The predicted octanol–water partition coefficient (Wildman–Crippen LogP) is 1.08. The summed E-state index contributed by atoms with van der Waals surface area (Å²) in [7, 11) is 0. The van der Waals surface area contributed by atoms with Gasteiger partial charge in [0, 0.05) is 30.9 Å². The van der Waals surface area contributed by atoms with E-state index in [9.17, 15) is 0 Å². The number of aromatic nitrogens is 4. The van der Waals surface area contributed by atoms with Crippen LogP contribution in [0.4, 0.5) is 0 Å². The molecular formula is C10H11N6+. The lowest BCUT2D eigenvalue weighted by Crippen LogP contribution is -2.27. The Morgan fingerprint density at radius 2 is 1.75 bits per heavy atom. The summed E-state index contributed by atoms with van der Waals surface area (Å²) >= 11 is 0. The van der Waals surface area contributed by atoms with Crippen molar-refractivity contribution in [3.8, 4) is 0 Å². The molecule has 16 heavy (non-hydrogen) atoms. The summed E-state index contributed by atoms with van der Waals surface area (Å²) in [5, 5.41) is 12.8. The molecule has 2 aromatic rings. The van der Waals surface area contributed by atoms with Crippen molar-refractivity contribution in [2.24, 2.45) is 5.11 Å². The second-order valence-electron chi connectivity index (χ2n) is 3.41. The zero-order chi connectivity index (χ0) is 10.8. The second kappa shape index (κ2) is 3.73. The van der Waals surface area contributed by atoms with Crippen molar-refractivity contribution < 1.29 is 4.70 Å². The van der Waals surface area contributed by atoms with Crippen molar-refractivity contribution >= 4 is 0 Å². The topological polar surface area (TPSA) is 51.0 Å². The lowest BCUT2D eigenvalue weighted by molar-refractivity contribution is -0.596. The van der Waals surface area contributed by atoms with E-state index >= 15 is 0 Å². The third-order valence-corrected chi connectivity index (χ3v) is 2.37. The van der Waals surface area contributed by atoms with Crippen LogP contribution in [0, 0.1) is 0 Å². The van der Waals surface area contributed by atoms with E-state index in [0.29, 0.717) is 6.54 Å². The Labute approximate surface area is 92.1 Å². The molecule has 6 nitrogen and oxygen atoms in total. The predicted molar refractivity (Wildman–Crippen MR) is 55.6 cm³/mol. The minimum atomic E-state index is -0.163. The number of hydrogen-bond acceptors (Lipinski definition) is 3. The minimum Gasteiger partial charge on any atom is -0.188 e. The van der Waals surface area contributed by atoms with Gasteiger partial charge in [0.25, 0.3) is 0 Å². The van der Waals surface area contributed by atoms with E-state index in [0.717, 1.165) is 0 Å². The second-order valence-corrected chi connectivity index (χ2v) is 3.41. The maximum Gasteiger partial charge on any atom is 0.377 e. The highest BCUT2D eigenvalue weighted by atomic mass is 15.6. The summed E-state index contributed by atoms with van der Waals surface area (Å²) in [5.74, 6) is 0. The fourth-order valence-electron chi connectivity index (χ4n) is 1.69. The van der Waals surface area contributed by atoms with Gasteiger partial charge in [0.1, 0.15) is 6.54 Å². The molecule has 2 aromatic heterocycles. The highest BCUT2D eigenvalue weighted by Gasteiger charge is 2.27. The summed E-state index contributed by atoms with van der Waals surface area (Å²) in [6, 6.07) is 3.77. The maximum atomic E-state index is 4.35. The van der Waals surface area contributed by atoms with Crippen LogP contribution in [0.15, 0.2) is 54.3 Å². The number of hydrogen-bond donors (Lipinski definition) is 0. The van der Waals surface area contributed by atoms with Crippen LogP contribution in [0.25, 0.3) is 0 Å². The molecule has 0 atom stereocenters. The molecule has 0 spiro atoms. The Hall–Kier alpha value is -2.24. The Balaban J connectivity index is 2.05. The maximum absolute atomic E-state index is 4.35. The molecule has 6 heteroatoms. The standard InChI is InChI=1S/C10H11N6/c1-4-11-14(7-1)10(15-8-2-5-12-15)16-9-3-6-13-16/h1-5,7-10H,6H2/q+1. The zero-order valence-electron chi connectivity index (χ0n) is 8.59. The third-order valence-electron chi connectivity index (χ3n) is 2.37. The average molecular weight is 215 g/mol. The largest absolute Gasteiger partial charge is 0.377 e. The first-order valence-corrected chi connectivity index (χ1v) is 5.06. The highest BCUT2D eigenvalue weighted by Crippen LogP contribution is 2.13. The van der Waals surface area contributed by atoms with E-state index in [1.54, 1.807) is 12.4 Å². The van der Waals surface area contributed by atoms with Gasteiger partial charge in [-0.15, -0.1) is 0 Å². The first kappa shape index (κ1) is 9.02. The molecule has 0 aliphatic carbocycles. The van der Waals surface area contributed by atoms with Gasteiger partial charge in [0.15, 0.2) is 6.20 Å². The molecule has 1 aliphatic heterocycles. The van der Waals surface area contributed by atoms with Gasteiger partial charge in [0.05, 0.1) is 0 Å². The lowest BCUT2D eigenvalue weighted by Gasteiger charge is -2.10. The molecule has 1 aliphatic rings. The molecule has 3 heterocycles. The van der Waals surface area contributed by atoms with Gasteiger partial charge < -0.3 is 0 Å². The molecule has 0 N–H and O–H groups in total. The Morgan fingerprint density at radius 3 is 2.19 bits per heavy atom. The lowest BCUT2D eigenvalue weighted by atomic mass is 10.6. The normalized spacial score (nSPS) is 14.7. The van der Waals surface area contributed by atoms with Crippen molar-refractivity contribution in [1.82, 2.24) is 19.6 Å². The van der Waals surface area contributed by atoms with Crippen molar-refractivity contribution in [2.45, 2.75) is 6.29 Å². The van der Waals surface area contributed by atoms with E-state index in [-0.39, 0.29) is 6.29 Å². The first-order valence-electron chi connectivity index (χ1n) is 5.06. The van der Waals surface area contributed by atoms with Gasteiger partial charge in [-0.25, -0.2) is 0 Å². The van der Waals surface area contributed by atoms with E-state index in [4.69, 9.17) is 0 Å². The first-order chi connectivity index (χ1) is 7.95. The van der Waals surface area contributed by atoms with E-state index in [1.807, 2.05) is 50.9 Å². The molecule has 0 bridgehead atoms. The Kier molecular flexibility index (Phi) is 2.10. The molecule has 0 saturated heterocycles. The molecule has 0 radical (unpaired) electrons. The molecule has 0 unspecified atom stereocenters. The summed E-state index contributed by atoms with van der Waals surface area (Å²) in [5.41, 5.74) is 0. The van der Waals surface area contributed by atoms with Gasteiger partial charge in [-0.1, -0.05) is 0 Å². The van der Waals surface area contributed by atoms with Crippen molar-refractivity contribution in [3.05, 3.63) is 49.2 Å². The minimum absolute atomic E-state index is 0.163. The van der Waals surface area contributed by atoms with Gasteiger partial charge in [-0.05, 0) is 21.9 Å². The summed E-state index contributed by atoms with van der Waals surface area (Å²) in [6.07, 6.45) is 11.1. The van der Waals surface area contributed by atoms with Gasteiger partial charge in [-0.3, -0.25) is 0 Å². The van der Waals surface area contributed by atoms with E-state index in [1.165, 1.54) is 0 Å². The third kappa shape index (κ3) is 1.44. The summed E-state index contributed by atoms with van der Waals surface area (Å²) < 4.78 is 5.47. The van der Waals surface area contributed by atoms with Crippen LogP contribution in [-0.2, 0) is 0 Å². The van der Waals surface area contributed by atoms with Crippen LogP contribution in [0.5, 0.6) is 0 Å². The summed E-state index contributed by atoms with van der Waals surface area (Å²) in [6.45, 7) is 0.707. The fourth-order valence-corrected chi connectivity index (χ4v) is 1.69. The van der Waals surface area contributed by atoms with Crippen molar-refractivity contribution in [3.63, 3.8) is 0 Å². The van der Waals surface area contributed by atoms with Crippen molar-refractivity contribution in [2.75, 3.05) is 6.54 Å². The average Bonchev–Trinajstić information content (AvgIpc) is 3.02. The zero-order valence-corrected chi connectivity index (χ0v) is 8.59. The smallest absolute Gasteiger partial charge is 0.188 e. The van der Waals surface area contributed by atoms with Crippen LogP contribution in [0.1, 0.15) is 6.29 Å². The van der Waals surface area contributed by atoms with Crippen molar-refractivity contribution in [1.29, 1.82) is 0 Å². The van der Waals surface area contributed by atoms with E-state index in [2.05, 4.69) is 15.3 Å². The Bertz CT molecular complexity index is 473. The van der Waals surface area contributed by atoms with Gasteiger partial charge in [0.2, 0.25) is 0 Å². The number of rotatable bonds is 3. The number of nitrogens with zero attached hydrogens (tertiary/aromatic N) is 6. The number of azo groups is 2. The van der Waals surface area contributed by atoms with E-state index < -0.39 is 0 Å². The van der Waals surface area contributed by atoms with Crippen LogP contribution in [0.3, 0.4) is 0 Å². The van der Waals surface area contributed by atoms with Crippen LogP contribution in [0.2, 0.25) is 0 Å². The SMILES string of the molecule is C1=C[N+](C(n2cccn2)n2cccn2)=NC1. The molecule has 80 valence electrons. The highest BCUT2D eigenvalue weighted by molar-refractivity contribution is 4.85. The monoisotopic (exact) mass is 215 g/mol. The Morgan fingerprint density at radius 1 is 1.06 bits per heavy atom. The fraction of sp³-hybridized carbons (Fsp3) is 0.200. The molecular weight excluding hydrogens is 204 g/mol. The molecule has 3 rings (SSSR count). The quantitative estimate of drug-likeness (QED) is 0.719. The molecule has 0 fully saturated rings. The van der Waals surface area contributed by atoms with Gasteiger partial charge in [-0.2, -0.15) is 19.6 Å². The van der Waals surface area contributed by atoms with Crippen LogP contribution >= 0.6 is 0 Å². The molecule has 0 saturated carbocycles. The van der Waals surface area contributed by atoms with Crippen LogP contribution < -0.4 is 0 Å². The van der Waals surface area contributed by atoms with Gasteiger partial charge >= 0.3 is 6.29 Å².